The van der Waals surface area contributed by atoms with Gasteiger partial charge in [0.15, 0.2) is 0 Å². The van der Waals surface area contributed by atoms with Gasteiger partial charge in [0.25, 0.3) is 0 Å². The molecule has 0 radical (unpaired) electrons. The third kappa shape index (κ3) is 3.11. The van der Waals surface area contributed by atoms with Gasteiger partial charge >= 0.3 is 0 Å². The minimum absolute atomic E-state index is 0.745. The van der Waals surface area contributed by atoms with Crippen LogP contribution in [0.1, 0.15) is 19.8 Å². The Morgan fingerprint density at radius 1 is 1.20 bits per heavy atom. The average Bonchev–Trinajstić information content (AvgIpc) is 2.25. The standard InChI is InChI=1S/C12H16ClNO/c1-10-6-8-14(9-7-10)15-12-4-2-11(13)3-5-12/h2-5,10H,6-9H2,1H3. The lowest BCUT2D eigenvalue weighted by Crippen LogP contribution is -2.35. The number of benzene rings is 1. The minimum atomic E-state index is 0.745. The predicted molar refractivity (Wildman–Crippen MR) is 62.1 cm³/mol. The van der Waals surface area contributed by atoms with Crippen molar-refractivity contribution < 1.29 is 4.84 Å². The van der Waals surface area contributed by atoms with Gasteiger partial charge in [-0.2, -0.15) is 0 Å². The van der Waals surface area contributed by atoms with Crippen LogP contribution < -0.4 is 4.84 Å². The fourth-order valence-electron chi connectivity index (χ4n) is 1.72. The molecule has 1 aromatic rings. The van der Waals surface area contributed by atoms with E-state index in [1.54, 1.807) is 0 Å². The zero-order valence-corrected chi connectivity index (χ0v) is 9.70. The van der Waals surface area contributed by atoms with Crippen LogP contribution >= 0.6 is 11.6 Å². The lowest BCUT2D eigenvalue weighted by molar-refractivity contribution is -0.0801. The maximum Gasteiger partial charge on any atom is 0.147 e. The molecular weight excluding hydrogens is 210 g/mol. The van der Waals surface area contributed by atoms with E-state index in [2.05, 4.69) is 6.92 Å². The van der Waals surface area contributed by atoms with Gasteiger partial charge in [0, 0.05) is 18.1 Å². The highest BCUT2D eigenvalue weighted by molar-refractivity contribution is 6.30. The maximum atomic E-state index is 5.80. The van der Waals surface area contributed by atoms with Crippen LogP contribution in [0.25, 0.3) is 0 Å². The summed E-state index contributed by atoms with van der Waals surface area (Å²) in [5.74, 6) is 1.70. The summed E-state index contributed by atoms with van der Waals surface area (Å²) in [7, 11) is 0. The van der Waals surface area contributed by atoms with E-state index in [9.17, 15) is 0 Å². The van der Waals surface area contributed by atoms with E-state index in [4.69, 9.17) is 16.4 Å². The van der Waals surface area contributed by atoms with Crippen LogP contribution in [0.3, 0.4) is 0 Å². The van der Waals surface area contributed by atoms with E-state index in [0.717, 1.165) is 29.8 Å². The van der Waals surface area contributed by atoms with E-state index in [0.29, 0.717) is 0 Å². The van der Waals surface area contributed by atoms with E-state index >= 15 is 0 Å². The van der Waals surface area contributed by atoms with Crippen molar-refractivity contribution in [2.24, 2.45) is 5.92 Å². The summed E-state index contributed by atoms with van der Waals surface area (Å²) in [6, 6.07) is 7.51. The Morgan fingerprint density at radius 3 is 2.40 bits per heavy atom. The van der Waals surface area contributed by atoms with Gasteiger partial charge in [-0.1, -0.05) is 18.5 Å². The van der Waals surface area contributed by atoms with Crippen molar-refractivity contribution in [3.8, 4) is 5.75 Å². The van der Waals surface area contributed by atoms with Crippen LogP contribution in [0.15, 0.2) is 24.3 Å². The zero-order chi connectivity index (χ0) is 10.7. The summed E-state index contributed by atoms with van der Waals surface area (Å²) in [4.78, 5) is 5.73. The number of hydroxylamine groups is 2. The lowest BCUT2D eigenvalue weighted by Gasteiger charge is -2.29. The van der Waals surface area contributed by atoms with Crippen molar-refractivity contribution >= 4 is 11.6 Å². The van der Waals surface area contributed by atoms with Crippen LogP contribution in [0, 0.1) is 5.92 Å². The topological polar surface area (TPSA) is 12.5 Å². The molecule has 0 spiro atoms. The van der Waals surface area contributed by atoms with Gasteiger partial charge in [0.2, 0.25) is 0 Å². The Hall–Kier alpha value is -0.730. The first kappa shape index (κ1) is 10.8. The normalized spacial score (nSPS) is 19.1. The van der Waals surface area contributed by atoms with Gasteiger partial charge < -0.3 is 4.84 Å². The molecule has 1 aliphatic rings. The molecule has 3 heteroatoms. The SMILES string of the molecule is CC1CCN(Oc2ccc(Cl)cc2)CC1. The first-order valence-corrected chi connectivity index (χ1v) is 5.80. The molecule has 1 aromatic carbocycles. The zero-order valence-electron chi connectivity index (χ0n) is 8.95. The Bertz CT molecular complexity index is 304. The minimum Gasteiger partial charge on any atom is -0.406 e. The fourth-order valence-corrected chi connectivity index (χ4v) is 1.85. The van der Waals surface area contributed by atoms with Crippen LogP contribution in [0.2, 0.25) is 5.02 Å². The second kappa shape index (κ2) is 4.86. The molecule has 0 N–H and O–H groups in total. The molecule has 2 rings (SSSR count). The third-order valence-corrected chi connectivity index (χ3v) is 3.04. The quantitative estimate of drug-likeness (QED) is 0.765. The average molecular weight is 226 g/mol. The molecule has 0 saturated carbocycles. The van der Waals surface area contributed by atoms with Crippen molar-refractivity contribution in [1.82, 2.24) is 5.06 Å². The van der Waals surface area contributed by atoms with Crippen LogP contribution in [-0.2, 0) is 0 Å². The van der Waals surface area contributed by atoms with Crippen LogP contribution in [-0.4, -0.2) is 18.2 Å². The highest BCUT2D eigenvalue weighted by Crippen LogP contribution is 2.20. The number of piperidine rings is 1. The maximum absolute atomic E-state index is 5.80. The largest absolute Gasteiger partial charge is 0.406 e. The smallest absolute Gasteiger partial charge is 0.147 e. The van der Waals surface area contributed by atoms with Crippen LogP contribution in [0.4, 0.5) is 0 Å². The van der Waals surface area contributed by atoms with E-state index in [1.807, 2.05) is 29.3 Å². The molecule has 2 nitrogen and oxygen atoms in total. The lowest BCUT2D eigenvalue weighted by atomic mass is 10.0. The Morgan fingerprint density at radius 2 is 1.80 bits per heavy atom. The van der Waals surface area contributed by atoms with Crippen molar-refractivity contribution in [1.29, 1.82) is 0 Å². The number of rotatable bonds is 2. The van der Waals surface area contributed by atoms with Crippen molar-refractivity contribution in [2.75, 3.05) is 13.1 Å². The van der Waals surface area contributed by atoms with Gasteiger partial charge in [-0.05, 0) is 43.0 Å². The first-order valence-electron chi connectivity index (χ1n) is 5.42. The molecule has 1 fully saturated rings. The van der Waals surface area contributed by atoms with Crippen molar-refractivity contribution in [2.45, 2.75) is 19.8 Å². The summed E-state index contributed by atoms with van der Waals surface area (Å²) in [6.07, 6.45) is 2.43. The molecule has 0 amide bonds. The van der Waals surface area contributed by atoms with Gasteiger partial charge in [0.1, 0.15) is 5.75 Å². The van der Waals surface area contributed by atoms with Crippen molar-refractivity contribution in [3.63, 3.8) is 0 Å². The molecule has 1 aliphatic heterocycles. The molecule has 0 aromatic heterocycles. The highest BCUT2D eigenvalue weighted by Gasteiger charge is 2.16. The third-order valence-electron chi connectivity index (χ3n) is 2.79. The molecule has 0 bridgehead atoms. The number of nitrogens with zero attached hydrogens (tertiary/aromatic N) is 1. The van der Waals surface area contributed by atoms with E-state index < -0.39 is 0 Å². The first-order chi connectivity index (χ1) is 7.24. The van der Waals surface area contributed by atoms with Gasteiger partial charge in [-0.15, -0.1) is 5.06 Å². The number of halogens is 1. The molecular formula is C12H16ClNO. The molecule has 82 valence electrons. The number of hydrogen-bond acceptors (Lipinski definition) is 2. The molecule has 1 saturated heterocycles. The van der Waals surface area contributed by atoms with E-state index in [1.165, 1.54) is 12.8 Å². The second-order valence-corrected chi connectivity index (χ2v) is 4.59. The second-order valence-electron chi connectivity index (χ2n) is 4.16. The Balaban J connectivity index is 1.89. The fraction of sp³-hybridized carbons (Fsp3) is 0.500. The van der Waals surface area contributed by atoms with Gasteiger partial charge in [-0.25, -0.2) is 0 Å². The summed E-state index contributed by atoms with van der Waals surface area (Å²) in [5.41, 5.74) is 0. The summed E-state index contributed by atoms with van der Waals surface area (Å²) >= 11 is 5.80. The van der Waals surface area contributed by atoms with Gasteiger partial charge in [0.05, 0.1) is 0 Å². The predicted octanol–water partition coefficient (Wildman–Crippen LogP) is 3.37. The van der Waals surface area contributed by atoms with Crippen molar-refractivity contribution in [3.05, 3.63) is 29.3 Å². The Kier molecular flexibility index (Phi) is 3.49. The summed E-state index contributed by atoms with van der Waals surface area (Å²) in [6.45, 7) is 4.33. The van der Waals surface area contributed by atoms with E-state index in [-0.39, 0.29) is 0 Å². The Labute approximate surface area is 95.7 Å². The summed E-state index contributed by atoms with van der Waals surface area (Å²) < 4.78 is 0. The highest BCUT2D eigenvalue weighted by atomic mass is 35.5. The molecule has 0 aliphatic carbocycles. The molecule has 0 unspecified atom stereocenters. The molecule has 15 heavy (non-hydrogen) atoms. The molecule has 1 heterocycles. The van der Waals surface area contributed by atoms with Crippen LogP contribution in [0.5, 0.6) is 5.75 Å². The number of hydrogen-bond donors (Lipinski definition) is 0. The molecule has 0 atom stereocenters. The summed E-state index contributed by atoms with van der Waals surface area (Å²) in [5, 5.41) is 2.78. The monoisotopic (exact) mass is 225 g/mol. The van der Waals surface area contributed by atoms with Gasteiger partial charge in [-0.3, -0.25) is 0 Å².